The fraction of sp³-hybridized carbons (Fsp3) is 0.583. The van der Waals surface area contributed by atoms with E-state index in [2.05, 4.69) is 4.98 Å². The van der Waals surface area contributed by atoms with Crippen molar-refractivity contribution in [2.75, 3.05) is 18.1 Å². The monoisotopic (exact) mass is 258 g/mol. The van der Waals surface area contributed by atoms with Crippen molar-refractivity contribution in [1.82, 2.24) is 4.98 Å². The molecule has 0 amide bonds. The lowest BCUT2D eigenvalue weighted by molar-refractivity contribution is 0.254. The van der Waals surface area contributed by atoms with Crippen LogP contribution in [0.1, 0.15) is 25.7 Å². The number of aliphatic hydroxyl groups is 1. The highest BCUT2D eigenvalue weighted by molar-refractivity contribution is 6.30. The van der Waals surface area contributed by atoms with Crippen LogP contribution in [0.2, 0.25) is 5.02 Å². The van der Waals surface area contributed by atoms with E-state index in [-0.39, 0.29) is 12.6 Å². The summed E-state index contributed by atoms with van der Waals surface area (Å²) in [6, 6.07) is 1.23. The van der Waals surface area contributed by atoms with Crippen molar-refractivity contribution in [3.8, 4) is 0 Å². The molecule has 0 aromatic carbocycles. The summed E-state index contributed by atoms with van der Waals surface area (Å²) < 4.78 is 13.8. The summed E-state index contributed by atoms with van der Waals surface area (Å²) in [6.07, 6.45) is 5.50. The van der Waals surface area contributed by atoms with Crippen molar-refractivity contribution in [2.45, 2.75) is 31.7 Å². The third-order valence-corrected chi connectivity index (χ3v) is 3.36. The van der Waals surface area contributed by atoms with Crippen molar-refractivity contribution >= 4 is 17.4 Å². The maximum Gasteiger partial charge on any atom is 0.167 e. The highest BCUT2D eigenvalue weighted by Crippen LogP contribution is 2.26. The molecular weight excluding hydrogens is 243 g/mol. The first kappa shape index (κ1) is 12.6. The van der Waals surface area contributed by atoms with Crippen LogP contribution < -0.4 is 4.90 Å². The first-order valence-electron chi connectivity index (χ1n) is 5.91. The Morgan fingerprint density at radius 2 is 2.29 bits per heavy atom. The van der Waals surface area contributed by atoms with E-state index < -0.39 is 5.82 Å². The third kappa shape index (κ3) is 2.87. The van der Waals surface area contributed by atoms with Crippen molar-refractivity contribution in [3.63, 3.8) is 0 Å². The number of nitrogens with zero attached hydrogens (tertiary/aromatic N) is 2. The second-order valence-electron chi connectivity index (χ2n) is 4.34. The van der Waals surface area contributed by atoms with Gasteiger partial charge < -0.3 is 10.0 Å². The van der Waals surface area contributed by atoms with Gasteiger partial charge in [-0.25, -0.2) is 9.37 Å². The van der Waals surface area contributed by atoms with E-state index in [0.717, 1.165) is 32.2 Å². The third-order valence-electron chi connectivity index (χ3n) is 3.15. The van der Waals surface area contributed by atoms with E-state index in [9.17, 15) is 9.50 Å². The molecule has 1 aromatic rings. The minimum absolute atomic E-state index is 0.0315. The topological polar surface area (TPSA) is 36.4 Å². The molecule has 0 spiro atoms. The number of aromatic nitrogens is 1. The molecule has 1 aliphatic rings. The van der Waals surface area contributed by atoms with E-state index in [0.29, 0.717) is 10.8 Å². The SMILES string of the molecule is OCC1CCCCCN1c1ncc(Cl)cc1F. The van der Waals surface area contributed by atoms with Gasteiger partial charge in [-0.2, -0.15) is 0 Å². The number of anilines is 1. The molecule has 1 N–H and O–H groups in total. The molecular formula is C12H16ClFN2O. The van der Waals surface area contributed by atoms with Gasteiger partial charge in [0.1, 0.15) is 0 Å². The van der Waals surface area contributed by atoms with Gasteiger partial charge in [0, 0.05) is 12.7 Å². The van der Waals surface area contributed by atoms with Crippen molar-refractivity contribution < 1.29 is 9.50 Å². The Bertz CT molecular complexity index is 389. The van der Waals surface area contributed by atoms with Crippen LogP contribution in [0, 0.1) is 5.82 Å². The van der Waals surface area contributed by atoms with E-state index in [1.54, 1.807) is 0 Å². The second kappa shape index (κ2) is 5.65. The Kier molecular flexibility index (Phi) is 4.18. The average molecular weight is 259 g/mol. The Morgan fingerprint density at radius 1 is 1.47 bits per heavy atom. The Balaban J connectivity index is 2.28. The van der Waals surface area contributed by atoms with Crippen molar-refractivity contribution in [3.05, 3.63) is 23.1 Å². The number of hydrogen-bond donors (Lipinski definition) is 1. The zero-order chi connectivity index (χ0) is 12.3. The van der Waals surface area contributed by atoms with Gasteiger partial charge in [-0.15, -0.1) is 0 Å². The van der Waals surface area contributed by atoms with Crippen molar-refractivity contribution in [1.29, 1.82) is 0 Å². The maximum absolute atomic E-state index is 13.8. The molecule has 0 saturated carbocycles. The van der Waals surface area contributed by atoms with Gasteiger partial charge in [0.2, 0.25) is 0 Å². The number of hydrogen-bond acceptors (Lipinski definition) is 3. The van der Waals surface area contributed by atoms with Crippen LogP contribution in [-0.2, 0) is 0 Å². The highest BCUT2D eigenvalue weighted by Gasteiger charge is 2.23. The van der Waals surface area contributed by atoms with Crippen LogP contribution in [0.15, 0.2) is 12.3 Å². The summed E-state index contributed by atoms with van der Waals surface area (Å²) in [5.41, 5.74) is 0. The second-order valence-corrected chi connectivity index (χ2v) is 4.77. The zero-order valence-electron chi connectivity index (χ0n) is 9.57. The fourth-order valence-corrected chi connectivity index (χ4v) is 2.41. The van der Waals surface area contributed by atoms with Crippen LogP contribution >= 0.6 is 11.6 Å². The molecule has 2 rings (SSSR count). The predicted molar refractivity (Wildman–Crippen MR) is 65.9 cm³/mol. The van der Waals surface area contributed by atoms with Crippen LogP contribution in [0.25, 0.3) is 0 Å². The van der Waals surface area contributed by atoms with E-state index >= 15 is 0 Å². The molecule has 1 aliphatic heterocycles. The van der Waals surface area contributed by atoms with Gasteiger partial charge in [-0.3, -0.25) is 0 Å². The average Bonchev–Trinajstić information content (AvgIpc) is 2.54. The molecule has 1 saturated heterocycles. The standard InChI is InChI=1S/C12H16ClFN2O/c13-9-6-11(14)12(15-7-9)16-5-3-1-2-4-10(16)8-17/h6-7,10,17H,1-5,8H2. The molecule has 0 aliphatic carbocycles. The van der Waals surface area contributed by atoms with E-state index in [1.807, 2.05) is 4.90 Å². The van der Waals surface area contributed by atoms with Crippen LogP contribution in [-0.4, -0.2) is 29.3 Å². The number of halogens is 2. The summed E-state index contributed by atoms with van der Waals surface area (Å²) >= 11 is 5.69. The minimum Gasteiger partial charge on any atom is -0.394 e. The summed E-state index contributed by atoms with van der Waals surface area (Å²) in [6.45, 7) is 0.764. The summed E-state index contributed by atoms with van der Waals surface area (Å²) in [5, 5.41) is 9.67. The largest absolute Gasteiger partial charge is 0.394 e. The molecule has 0 bridgehead atoms. The van der Waals surface area contributed by atoms with Gasteiger partial charge in [-0.1, -0.05) is 24.4 Å². The van der Waals surface area contributed by atoms with E-state index in [1.165, 1.54) is 12.3 Å². The van der Waals surface area contributed by atoms with Gasteiger partial charge in [0.25, 0.3) is 0 Å². The molecule has 3 nitrogen and oxygen atoms in total. The van der Waals surface area contributed by atoms with E-state index in [4.69, 9.17) is 11.6 Å². The van der Waals surface area contributed by atoms with Crippen LogP contribution in [0.5, 0.6) is 0 Å². The first-order valence-corrected chi connectivity index (χ1v) is 6.28. The van der Waals surface area contributed by atoms with Gasteiger partial charge >= 0.3 is 0 Å². The Labute approximate surface area is 105 Å². The molecule has 1 atom stereocenters. The van der Waals surface area contributed by atoms with Crippen LogP contribution in [0.3, 0.4) is 0 Å². The lowest BCUT2D eigenvalue weighted by Crippen LogP contribution is -2.38. The Morgan fingerprint density at radius 3 is 3.00 bits per heavy atom. The molecule has 5 heteroatoms. The number of rotatable bonds is 2. The molecule has 1 fully saturated rings. The zero-order valence-corrected chi connectivity index (χ0v) is 10.3. The van der Waals surface area contributed by atoms with Crippen LogP contribution in [0.4, 0.5) is 10.2 Å². The number of aliphatic hydroxyl groups excluding tert-OH is 1. The van der Waals surface area contributed by atoms with Crippen molar-refractivity contribution in [2.24, 2.45) is 0 Å². The molecule has 94 valence electrons. The highest BCUT2D eigenvalue weighted by atomic mass is 35.5. The Hall–Kier alpha value is -0.870. The summed E-state index contributed by atoms with van der Waals surface area (Å²) in [7, 11) is 0. The lowest BCUT2D eigenvalue weighted by atomic mass is 10.1. The lowest BCUT2D eigenvalue weighted by Gasteiger charge is -2.29. The number of pyridine rings is 1. The van der Waals surface area contributed by atoms with Gasteiger partial charge in [0.05, 0.1) is 17.7 Å². The maximum atomic E-state index is 13.8. The summed E-state index contributed by atoms with van der Waals surface area (Å²) in [5.74, 6) is -0.117. The van der Waals surface area contributed by atoms with Gasteiger partial charge in [0.15, 0.2) is 11.6 Å². The first-order chi connectivity index (χ1) is 8.22. The van der Waals surface area contributed by atoms with Gasteiger partial charge in [-0.05, 0) is 18.9 Å². The molecule has 17 heavy (non-hydrogen) atoms. The summed E-state index contributed by atoms with van der Waals surface area (Å²) in [4.78, 5) is 5.91. The fourth-order valence-electron chi connectivity index (χ4n) is 2.26. The molecule has 0 radical (unpaired) electrons. The minimum atomic E-state index is -0.419. The molecule has 2 heterocycles. The molecule has 1 unspecified atom stereocenters. The quantitative estimate of drug-likeness (QED) is 0.886. The molecule has 1 aromatic heterocycles. The predicted octanol–water partition coefficient (Wildman–Crippen LogP) is 2.62. The normalized spacial score (nSPS) is 21.4. The smallest absolute Gasteiger partial charge is 0.167 e.